The molecule has 1 aromatic rings. The van der Waals surface area contributed by atoms with Gasteiger partial charge in [-0.3, -0.25) is 0 Å². The largest absolute Gasteiger partial charge is 0.444 e. The number of ether oxygens (including phenoxy) is 2. The normalized spacial score (nSPS) is 19.5. The van der Waals surface area contributed by atoms with Gasteiger partial charge in [0.25, 0.3) is 0 Å². The minimum absolute atomic E-state index is 0.0863. The highest BCUT2D eigenvalue weighted by molar-refractivity contribution is 5.90. The Morgan fingerprint density at radius 2 is 1.94 bits per heavy atom. The summed E-state index contributed by atoms with van der Waals surface area (Å²) in [6, 6.07) is 6.07. The van der Waals surface area contributed by atoms with E-state index in [1.54, 1.807) is 11.9 Å². The number of anilines is 2. The smallest absolute Gasteiger partial charge is 0.410 e. The number of urea groups is 1. The van der Waals surface area contributed by atoms with Crippen LogP contribution in [-0.4, -0.2) is 80.5 Å². The van der Waals surface area contributed by atoms with Crippen molar-refractivity contribution in [2.24, 2.45) is 5.92 Å². The number of carbonyl (C=O) groups excluding carboxylic acids is 2. The Balaban J connectivity index is 1.54. The summed E-state index contributed by atoms with van der Waals surface area (Å²) in [5.41, 5.74) is 2.52. The van der Waals surface area contributed by atoms with Crippen LogP contribution in [0.5, 0.6) is 0 Å². The summed E-state index contributed by atoms with van der Waals surface area (Å²) in [7, 11) is 1.76. The molecule has 1 aromatic carbocycles. The van der Waals surface area contributed by atoms with Gasteiger partial charge in [0.1, 0.15) is 5.60 Å². The molecule has 0 bridgehead atoms. The van der Waals surface area contributed by atoms with E-state index in [0.717, 1.165) is 62.6 Å². The van der Waals surface area contributed by atoms with Crippen molar-refractivity contribution in [3.05, 3.63) is 23.8 Å². The van der Waals surface area contributed by atoms with Gasteiger partial charge in [0.2, 0.25) is 0 Å². The third-order valence-electron chi connectivity index (χ3n) is 5.87. The fourth-order valence-electron chi connectivity index (χ4n) is 4.20. The SMILES string of the molecule is Cc1cc(N2CCOCC2)ccc1NC(=O)N1CCCC(CN(C)C(=O)OC(C)(C)C)C1. The molecule has 2 fully saturated rings. The minimum Gasteiger partial charge on any atom is -0.444 e. The van der Waals surface area contributed by atoms with Crippen molar-refractivity contribution in [1.29, 1.82) is 0 Å². The van der Waals surface area contributed by atoms with Gasteiger partial charge < -0.3 is 29.5 Å². The molecule has 3 amide bonds. The molecule has 2 saturated heterocycles. The predicted octanol–water partition coefficient (Wildman–Crippen LogP) is 3.94. The summed E-state index contributed by atoms with van der Waals surface area (Å²) in [5, 5.41) is 3.08. The molecule has 0 aromatic heterocycles. The van der Waals surface area contributed by atoms with Gasteiger partial charge in [-0.25, -0.2) is 9.59 Å². The zero-order chi connectivity index (χ0) is 23.3. The second kappa shape index (κ2) is 10.4. The molecular weight excluding hydrogens is 408 g/mol. The van der Waals surface area contributed by atoms with E-state index in [4.69, 9.17) is 9.47 Å². The minimum atomic E-state index is -0.515. The van der Waals surface area contributed by atoms with Crippen LogP contribution in [0, 0.1) is 12.8 Å². The summed E-state index contributed by atoms with van der Waals surface area (Å²) in [5.74, 6) is 0.233. The topological polar surface area (TPSA) is 74.4 Å². The molecule has 0 aliphatic carbocycles. The van der Waals surface area contributed by atoms with E-state index in [1.807, 2.05) is 38.7 Å². The lowest BCUT2D eigenvalue weighted by Gasteiger charge is -2.35. The zero-order valence-electron chi connectivity index (χ0n) is 20.1. The average molecular weight is 447 g/mol. The van der Waals surface area contributed by atoms with Gasteiger partial charge in [0.05, 0.1) is 13.2 Å². The Labute approximate surface area is 191 Å². The monoisotopic (exact) mass is 446 g/mol. The standard InChI is InChI=1S/C24H38N4O4/c1-18-15-20(27-11-13-31-14-12-27)8-9-21(18)25-22(29)28-10-6-7-19(17-28)16-26(5)23(30)32-24(2,3)4/h8-9,15,19H,6-7,10-14,16-17H2,1-5H3,(H,25,29). The van der Waals surface area contributed by atoms with Gasteiger partial charge in [-0.1, -0.05) is 0 Å². The Hall–Kier alpha value is -2.48. The number of likely N-dealkylation sites (tertiary alicyclic amines) is 1. The third kappa shape index (κ3) is 6.76. The molecule has 8 nitrogen and oxygen atoms in total. The number of hydrogen-bond donors (Lipinski definition) is 1. The predicted molar refractivity (Wildman–Crippen MR) is 126 cm³/mol. The number of morpholine rings is 1. The molecule has 0 saturated carbocycles. The maximum absolute atomic E-state index is 12.9. The van der Waals surface area contributed by atoms with Gasteiger partial charge in [0, 0.05) is 51.1 Å². The fraction of sp³-hybridized carbons (Fsp3) is 0.667. The molecule has 0 spiro atoms. The van der Waals surface area contributed by atoms with E-state index < -0.39 is 5.60 Å². The van der Waals surface area contributed by atoms with Gasteiger partial charge in [-0.2, -0.15) is 0 Å². The van der Waals surface area contributed by atoms with Crippen LogP contribution in [0.25, 0.3) is 0 Å². The van der Waals surface area contributed by atoms with E-state index in [0.29, 0.717) is 13.1 Å². The van der Waals surface area contributed by atoms with E-state index in [1.165, 1.54) is 0 Å². The molecule has 2 heterocycles. The molecule has 1 unspecified atom stereocenters. The molecule has 178 valence electrons. The second-order valence-electron chi connectivity index (χ2n) is 9.84. The number of rotatable bonds is 4. The van der Waals surface area contributed by atoms with Gasteiger partial charge >= 0.3 is 12.1 Å². The number of benzene rings is 1. The quantitative estimate of drug-likeness (QED) is 0.758. The number of piperidine rings is 1. The summed E-state index contributed by atoms with van der Waals surface area (Å²) in [6.07, 6.45) is 1.59. The van der Waals surface area contributed by atoms with Crippen LogP contribution in [-0.2, 0) is 9.47 Å². The molecular formula is C24H38N4O4. The van der Waals surface area contributed by atoms with Crippen LogP contribution in [0.4, 0.5) is 21.0 Å². The van der Waals surface area contributed by atoms with Gasteiger partial charge in [0.15, 0.2) is 0 Å². The Morgan fingerprint density at radius 3 is 2.59 bits per heavy atom. The molecule has 8 heteroatoms. The Morgan fingerprint density at radius 1 is 1.22 bits per heavy atom. The molecule has 32 heavy (non-hydrogen) atoms. The lowest BCUT2D eigenvalue weighted by atomic mass is 9.98. The van der Waals surface area contributed by atoms with Crippen molar-refractivity contribution < 1.29 is 19.1 Å². The Bertz CT molecular complexity index is 802. The van der Waals surface area contributed by atoms with Crippen LogP contribution < -0.4 is 10.2 Å². The highest BCUT2D eigenvalue weighted by Crippen LogP contribution is 2.25. The summed E-state index contributed by atoms with van der Waals surface area (Å²) >= 11 is 0. The van der Waals surface area contributed by atoms with Crippen molar-refractivity contribution in [2.45, 2.75) is 46.1 Å². The first-order valence-corrected chi connectivity index (χ1v) is 11.6. The van der Waals surface area contributed by atoms with E-state index in [2.05, 4.69) is 22.3 Å². The molecule has 2 aliphatic heterocycles. The number of amides is 3. The Kier molecular flexibility index (Phi) is 7.87. The van der Waals surface area contributed by atoms with Crippen LogP contribution in [0.2, 0.25) is 0 Å². The highest BCUT2D eigenvalue weighted by Gasteiger charge is 2.27. The molecule has 2 aliphatic rings. The first kappa shape index (κ1) is 24.2. The fourth-order valence-corrected chi connectivity index (χ4v) is 4.20. The summed E-state index contributed by atoms with van der Waals surface area (Å²) in [4.78, 5) is 31.0. The number of nitrogens with one attached hydrogen (secondary N) is 1. The average Bonchev–Trinajstić information content (AvgIpc) is 2.74. The van der Waals surface area contributed by atoms with Gasteiger partial charge in [-0.15, -0.1) is 0 Å². The van der Waals surface area contributed by atoms with Gasteiger partial charge in [-0.05, 0) is 70.2 Å². The summed E-state index contributed by atoms with van der Waals surface area (Å²) < 4.78 is 10.9. The molecule has 1 N–H and O–H groups in total. The second-order valence-corrected chi connectivity index (χ2v) is 9.84. The van der Waals surface area contributed by atoms with Crippen LogP contribution >= 0.6 is 0 Å². The zero-order valence-corrected chi connectivity index (χ0v) is 20.1. The number of hydrogen-bond acceptors (Lipinski definition) is 5. The first-order valence-electron chi connectivity index (χ1n) is 11.6. The summed E-state index contributed by atoms with van der Waals surface area (Å²) in [6.45, 7) is 12.8. The van der Waals surface area contributed by atoms with Crippen molar-refractivity contribution in [3.63, 3.8) is 0 Å². The van der Waals surface area contributed by atoms with Crippen molar-refractivity contribution >= 4 is 23.5 Å². The van der Waals surface area contributed by atoms with Crippen molar-refractivity contribution in [2.75, 3.05) is 63.2 Å². The van der Waals surface area contributed by atoms with Crippen LogP contribution in [0.1, 0.15) is 39.2 Å². The third-order valence-corrected chi connectivity index (χ3v) is 5.87. The van der Waals surface area contributed by atoms with Crippen LogP contribution in [0.3, 0.4) is 0 Å². The molecule has 3 rings (SSSR count). The molecule has 1 atom stereocenters. The van der Waals surface area contributed by atoms with E-state index in [-0.39, 0.29) is 18.0 Å². The lowest BCUT2D eigenvalue weighted by Crippen LogP contribution is -2.46. The number of aryl methyl sites for hydroxylation is 1. The lowest BCUT2D eigenvalue weighted by molar-refractivity contribution is 0.0253. The van der Waals surface area contributed by atoms with Crippen molar-refractivity contribution in [3.8, 4) is 0 Å². The maximum Gasteiger partial charge on any atom is 0.410 e. The number of nitrogens with zero attached hydrogens (tertiary/aromatic N) is 3. The maximum atomic E-state index is 12.9. The number of carbonyl (C=O) groups is 2. The van der Waals surface area contributed by atoms with E-state index in [9.17, 15) is 9.59 Å². The molecule has 0 radical (unpaired) electrons. The van der Waals surface area contributed by atoms with E-state index >= 15 is 0 Å². The first-order chi connectivity index (χ1) is 15.1. The highest BCUT2D eigenvalue weighted by atomic mass is 16.6. The van der Waals surface area contributed by atoms with Crippen LogP contribution in [0.15, 0.2) is 18.2 Å². The van der Waals surface area contributed by atoms with Crippen molar-refractivity contribution in [1.82, 2.24) is 9.80 Å².